The van der Waals surface area contributed by atoms with Crippen molar-refractivity contribution in [3.05, 3.63) is 0 Å². The van der Waals surface area contributed by atoms with Gasteiger partial charge in [0.25, 0.3) is 0 Å². The van der Waals surface area contributed by atoms with E-state index >= 15 is 0 Å². The Morgan fingerprint density at radius 3 is 1.24 bits per heavy atom. The Hall–Kier alpha value is 0.524. The summed E-state index contributed by atoms with van der Waals surface area (Å²) in [7, 11) is 0.695. The summed E-state index contributed by atoms with van der Waals surface area (Å²) in [5.41, 5.74) is -3.52. The van der Waals surface area contributed by atoms with Crippen molar-refractivity contribution >= 4 is 89.9 Å². The van der Waals surface area contributed by atoms with E-state index in [2.05, 4.69) is 64.7 Å². The fourth-order valence-electron chi connectivity index (χ4n) is 0.819. The summed E-state index contributed by atoms with van der Waals surface area (Å²) >= 11 is 7.39. The van der Waals surface area contributed by atoms with E-state index < -0.39 is 35.4 Å². The summed E-state index contributed by atoms with van der Waals surface area (Å²) in [5.74, 6) is -8.30. The molecule has 0 saturated carbocycles. The first-order valence-electron chi connectivity index (χ1n) is 3.91. The zero-order chi connectivity index (χ0) is 15.8. The van der Waals surface area contributed by atoms with Crippen molar-refractivity contribution in [3.8, 4) is 0 Å². The van der Waals surface area contributed by atoms with Gasteiger partial charge in [-0.05, 0) is 0 Å². The number of aliphatic carboxylic acids is 2. The van der Waals surface area contributed by atoms with Crippen molar-refractivity contribution in [1.82, 2.24) is 0 Å². The van der Waals surface area contributed by atoms with E-state index in [1.807, 2.05) is 0 Å². The van der Waals surface area contributed by atoms with Gasteiger partial charge in [-0.1, -0.05) is 44.6 Å². The molecule has 12 heteroatoms. The number of aldehydes is 1. The molecule has 0 amide bonds. The van der Waals surface area contributed by atoms with E-state index in [0.29, 0.717) is 7.11 Å². The maximum absolute atomic E-state index is 11.0. The third-order valence-corrected chi connectivity index (χ3v) is 1.61. The third-order valence-electron chi connectivity index (χ3n) is 1.61. The average Bonchev–Trinajstić information content (AvgIpc) is 2.27. The molecule has 0 rings (SSSR count). The molecule has 0 aromatic carbocycles. The fraction of sp³-hybridized carbons (Fsp3) is 0.615. The molecule has 0 spiro atoms. The predicted octanol–water partition coefficient (Wildman–Crippen LogP) is 4.55. The number of halogens is 3. The molecule has 156 valence electrons. The molecule has 0 saturated heterocycles. The standard InChI is InChI=1S/C7H6O8.6CH4.3HI.V/c1-15-6(14)7(4(10)11,5(12)13)3(9)2-8;;;;;;;;;;/h2H,1H3,(H,10,11)(H,12,13);6*1H4;3*1H;/q;;;;;;;;;;+3/p-3. The number of Topliss-reactive ketones (excluding diaryl/α,β-unsaturated/α-hetero) is 1. The number of carboxylic acid groups (broad SMARTS) is 2. The van der Waals surface area contributed by atoms with Gasteiger partial charge in [-0.25, -0.2) is 14.4 Å². The monoisotopic (exact) mass is 746 g/mol. The summed E-state index contributed by atoms with van der Waals surface area (Å²) < 4.78 is 3.88. The molecule has 0 bridgehead atoms. The Labute approximate surface area is 188 Å². The number of carboxylic acids is 2. The summed E-state index contributed by atoms with van der Waals surface area (Å²) in [5, 5.41) is 17.1. The molecule has 8 nitrogen and oxygen atoms in total. The first kappa shape index (κ1) is 50.0. The molecule has 0 atom stereocenters. The zero-order valence-electron chi connectivity index (χ0n) is 9.00. The first-order chi connectivity index (χ1) is 8.58. The van der Waals surface area contributed by atoms with Crippen molar-refractivity contribution in [2.75, 3.05) is 7.11 Å². The number of hydrogen-bond acceptors (Lipinski definition) is 6. The Bertz CT molecular complexity index is 386. The molecule has 25 heavy (non-hydrogen) atoms. The predicted molar refractivity (Wildman–Crippen MR) is 123 cm³/mol. The van der Waals surface area contributed by atoms with Gasteiger partial charge in [-0.2, -0.15) is 0 Å². The molecule has 2 N–H and O–H groups in total. The minimum absolute atomic E-state index is 0. The minimum atomic E-state index is -3.52. The number of ether oxygens (including phenoxy) is 1. The average molecular weight is 746 g/mol. The van der Waals surface area contributed by atoms with Gasteiger partial charge in [0.15, 0.2) is 6.29 Å². The molecular formula is C13H30I3O8V. The Kier molecular flexibility index (Phi) is 49.0. The van der Waals surface area contributed by atoms with Crippen molar-refractivity contribution in [1.29, 1.82) is 0 Å². The van der Waals surface area contributed by atoms with Crippen LogP contribution in [0.3, 0.4) is 0 Å². The molecule has 0 fully saturated rings. The van der Waals surface area contributed by atoms with Gasteiger partial charge in [0, 0.05) is 0 Å². The van der Waals surface area contributed by atoms with Crippen LogP contribution in [0.4, 0.5) is 0 Å². The van der Waals surface area contributed by atoms with Crippen LogP contribution >= 0.6 is 59.9 Å². The van der Waals surface area contributed by atoms with Crippen LogP contribution in [0.25, 0.3) is 0 Å². The van der Waals surface area contributed by atoms with E-state index in [1.54, 1.807) is 0 Å². The zero-order valence-corrected chi connectivity index (χ0v) is 16.9. The number of esters is 1. The van der Waals surface area contributed by atoms with Crippen LogP contribution < -0.4 is 0 Å². The molecule has 0 radical (unpaired) electrons. The molecule has 0 heterocycles. The van der Waals surface area contributed by atoms with E-state index in [-0.39, 0.29) is 49.5 Å². The Morgan fingerprint density at radius 2 is 1.12 bits per heavy atom. The molecule has 0 aliphatic rings. The second kappa shape index (κ2) is 24.5. The molecular weight excluding hydrogens is 716 g/mol. The van der Waals surface area contributed by atoms with Crippen molar-refractivity contribution in [2.24, 2.45) is 5.41 Å². The SMILES string of the molecule is C.C.C.C.C.C.COC(=O)C(C(=O)O)(C(=O)O)C(=O)C=O.[I][V]([I])[I]. The molecule has 0 aliphatic carbocycles. The molecule has 0 aromatic rings. The van der Waals surface area contributed by atoms with E-state index in [9.17, 15) is 24.0 Å². The van der Waals surface area contributed by atoms with Gasteiger partial charge in [-0.3, -0.25) is 9.59 Å². The van der Waals surface area contributed by atoms with Crippen LogP contribution in [0.15, 0.2) is 0 Å². The third kappa shape index (κ3) is 15.3. The number of carbonyl (C=O) groups excluding carboxylic acids is 3. The van der Waals surface area contributed by atoms with E-state index in [0.717, 1.165) is 0 Å². The normalized spacial score (nSPS) is 7.56. The van der Waals surface area contributed by atoms with Gasteiger partial charge < -0.3 is 14.9 Å². The first-order valence-corrected chi connectivity index (χ1v) is 17.4. The van der Waals surface area contributed by atoms with Crippen LogP contribution in [0, 0.1) is 5.41 Å². The molecule has 0 aliphatic heterocycles. The second-order valence-corrected chi connectivity index (χ2v) is 37.9. The Balaban J connectivity index is -0.0000000437. The summed E-state index contributed by atoms with van der Waals surface area (Å²) in [4.78, 5) is 52.9. The van der Waals surface area contributed by atoms with Gasteiger partial charge in [0.1, 0.15) is 0 Å². The van der Waals surface area contributed by atoms with Gasteiger partial charge in [0.2, 0.25) is 5.78 Å². The number of rotatable bonds is 5. The van der Waals surface area contributed by atoms with Crippen LogP contribution in [-0.4, -0.2) is 47.3 Å². The number of hydrogen-bond donors (Lipinski definition) is 2. The van der Waals surface area contributed by atoms with E-state index in [1.165, 1.54) is 0 Å². The summed E-state index contributed by atoms with van der Waals surface area (Å²) in [6.07, 6.45) is -0.556. The maximum atomic E-state index is 11.0. The van der Waals surface area contributed by atoms with Gasteiger partial charge in [0.05, 0.1) is 7.11 Å². The topological polar surface area (TPSA) is 135 Å². The quantitative estimate of drug-likeness (QED) is 0.138. The second-order valence-electron chi connectivity index (χ2n) is 2.53. The number of methoxy groups -OCH3 is 1. The van der Waals surface area contributed by atoms with Crippen LogP contribution in [0.5, 0.6) is 0 Å². The van der Waals surface area contributed by atoms with Crippen molar-refractivity contribution in [3.63, 3.8) is 0 Å². The summed E-state index contributed by atoms with van der Waals surface area (Å²) in [6.45, 7) is 0. The van der Waals surface area contributed by atoms with Gasteiger partial charge >= 0.3 is 88.2 Å². The molecule has 0 aromatic heterocycles. The van der Waals surface area contributed by atoms with Crippen LogP contribution in [0.2, 0.25) is 0 Å². The summed E-state index contributed by atoms with van der Waals surface area (Å²) in [6, 6.07) is 0. The fourth-order valence-corrected chi connectivity index (χ4v) is 0.819. The van der Waals surface area contributed by atoms with Crippen molar-refractivity contribution in [2.45, 2.75) is 44.6 Å². The van der Waals surface area contributed by atoms with Crippen LogP contribution in [-0.2, 0) is 33.6 Å². The Morgan fingerprint density at radius 1 is 0.880 bits per heavy atom. The number of ketones is 1. The van der Waals surface area contributed by atoms with Crippen LogP contribution in [0.1, 0.15) is 44.6 Å². The number of carbonyl (C=O) groups is 5. The van der Waals surface area contributed by atoms with Gasteiger partial charge in [-0.15, -0.1) is 0 Å². The van der Waals surface area contributed by atoms with E-state index in [4.69, 9.17) is 10.2 Å². The molecule has 0 unspecified atom stereocenters. The van der Waals surface area contributed by atoms with Crippen molar-refractivity contribution < 1.29 is 43.8 Å².